The molecule has 4 heteroatoms. The van der Waals surface area contributed by atoms with Crippen molar-refractivity contribution in [3.8, 4) is 0 Å². The molecule has 0 amide bonds. The molecule has 19 heavy (non-hydrogen) atoms. The van der Waals surface area contributed by atoms with E-state index < -0.39 is 0 Å². The van der Waals surface area contributed by atoms with E-state index in [1.165, 1.54) is 28.6 Å². The van der Waals surface area contributed by atoms with E-state index in [0.29, 0.717) is 0 Å². The summed E-state index contributed by atoms with van der Waals surface area (Å²) in [5, 5.41) is 3.36. The smallest absolute Gasteiger partial charge is 0.0587 e. The van der Waals surface area contributed by atoms with Gasteiger partial charge in [-0.25, -0.2) is 0 Å². The first-order chi connectivity index (χ1) is 9.19. The molecule has 0 aliphatic heterocycles. The molecule has 108 valence electrons. The summed E-state index contributed by atoms with van der Waals surface area (Å²) >= 11 is 3.65. The van der Waals surface area contributed by atoms with E-state index in [9.17, 15) is 0 Å². The molecule has 0 heterocycles. The van der Waals surface area contributed by atoms with E-state index in [2.05, 4.69) is 58.3 Å². The molecule has 0 aromatic heterocycles. The monoisotopic (exact) mass is 328 g/mol. The normalized spacial score (nSPS) is 10.7. The lowest BCUT2D eigenvalue weighted by atomic mass is 10.2. The molecule has 3 nitrogen and oxygen atoms in total. The van der Waals surface area contributed by atoms with Crippen LogP contribution in [0.3, 0.4) is 0 Å². The quantitative estimate of drug-likeness (QED) is 0.703. The lowest BCUT2D eigenvalue weighted by Crippen LogP contribution is -2.20. The Balaban J connectivity index is 2.53. The Hall–Kier alpha value is -0.580. The zero-order chi connectivity index (χ0) is 14.1. The Bertz CT molecular complexity index is 371. The van der Waals surface area contributed by atoms with Gasteiger partial charge < -0.3 is 15.0 Å². The summed E-state index contributed by atoms with van der Waals surface area (Å²) in [6.45, 7) is 5.81. The second-order valence-electron chi connectivity index (χ2n) is 4.72. The van der Waals surface area contributed by atoms with Crippen molar-refractivity contribution in [1.29, 1.82) is 0 Å². The lowest BCUT2D eigenvalue weighted by molar-refractivity contribution is 0.199. The van der Waals surface area contributed by atoms with E-state index in [1.807, 2.05) is 0 Å². The fourth-order valence-electron chi connectivity index (χ4n) is 1.84. The average Bonchev–Trinajstić information content (AvgIpc) is 2.42. The maximum Gasteiger partial charge on any atom is 0.0587 e. The molecule has 1 aromatic rings. The summed E-state index contributed by atoms with van der Waals surface area (Å²) in [7, 11) is 3.87. The summed E-state index contributed by atoms with van der Waals surface area (Å²) in [4.78, 5) is 2.30. The predicted octanol–water partition coefficient (Wildman–Crippen LogP) is 3.42. The van der Waals surface area contributed by atoms with Crippen LogP contribution in [0.4, 0.5) is 5.69 Å². The zero-order valence-electron chi connectivity index (χ0n) is 12.2. The molecular formula is C15H25BrN2O. The highest BCUT2D eigenvalue weighted by atomic mass is 79.9. The number of benzene rings is 1. The maximum atomic E-state index is 5.02. The van der Waals surface area contributed by atoms with E-state index >= 15 is 0 Å². The van der Waals surface area contributed by atoms with Gasteiger partial charge in [-0.15, -0.1) is 0 Å². The molecule has 0 saturated carbocycles. The van der Waals surface area contributed by atoms with Gasteiger partial charge in [-0.3, -0.25) is 0 Å². The molecule has 1 aromatic carbocycles. The highest BCUT2D eigenvalue weighted by molar-refractivity contribution is 9.10. The second-order valence-corrected chi connectivity index (χ2v) is 5.57. The van der Waals surface area contributed by atoms with Crippen LogP contribution in [0.1, 0.15) is 25.3 Å². The Kier molecular flexibility index (Phi) is 8.10. The van der Waals surface area contributed by atoms with E-state index in [1.54, 1.807) is 7.11 Å². The lowest BCUT2D eigenvalue weighted by Gasteiger charge is -2.20. The third-order valence-electron chi connectivity index (χ3n) is 3.12. The van der Waals surface area contributed by atoms with Gasteiger partial charge in [0.15, 0.2) is 0 Å². The summed E-state index contributed by atoms with van der Waals surface area (Å²) in [6.07, 6.45) is 2.46. The van der Waals surface area contributed by atoms with Crippen molar-refractivity contribution >= 4 is 21.6 Å². The molecule has 0 aliphatic carbocycles. The van der Waals surface area contributed by atoms with Gasteiger partial charge in [0.05, 0.1) is 6.61 Å². The van der Waals surface area contributed by atoms with Crippen LogP contribution in [-0.4, -0.2) is 33.9 Å². The van der Waals surface area contributed by atoms with Crippen LogP contribution in [0.2, 0.25) is 0 Å². The molecule has 0 radical (unpaired) electrons. The number of rotatable bonds is 9. The largest absolute Gasteiger partial charge is 0.383 e. The molecule has 1 rings (SSSR count). The third-order valence-corrected chi connectivity index (χ3v) is 3.86. The van der Waals surface area contributed by atoms with Crippen molar-refractivity contribution < 1.29 is 4.74 Å². The van der Waals surface area contributed by atoms with Gasteiger partial charge in [0, 0.05) is 44.0 Å². The second kappa shape index (κ2) is 9.34. The molecule has 0 spiro atoms. The van der Waals surface area contributed by atoms with Crippen molar-refractivity contribution in [3.63, 3.8) is 0 Å². The standard InChI is InChI=1S/C15H25BrN2O/c1-4-5-9-18(2)14-7-6-13(15(16)11-14)12-17-8-10-19-3/h6-7,11,17H,4-5,8-10,12H2,1-3H3. The number of anilines is 1. The van der Waals surface area contributed by atoms with Crippen LogP contribution in [0, 0.1) is 0 Å². The van der Waals surface area contributed by atoms with Gasteiger partial charge in [-0.2, -0.15) is 0 Å². The number of nitrogens with zero attached hydrogens (tertiary/aromatic N) is 1. The Morgan fingerprint density at radius 1 is 1.37 bits per heavy atom. The van der Waals surface area contributed by atoms with Gasteiger partial charge in [-0.05, 0) is 24.1 Å². The van der Waals surface area contributed by atoms with E-state index in [-0.39, 0.29) is 0 Å². The highest BCUT2D eigenvalue weighted by Gasteiger charge is 2.04. The first-order valence-electron chi connectivity index (χ1n) is 6.88. The minimum Gasteiger partial charge on any atom is -0.383 e. The summed E-state index contributed by atoms with van der Waals surface area (Å²) in [6, 6.07) is 6.57. The Morgan fingerprint density at radius 3 is 2.79 bits per heavy atom. The van der Waals surface area contributed by atoms with Crippen LogP contribution in [0.5, 0.6) is 0 Å². The number of hydrogen-bond donors (Lipinski definition) is 1. The molecular weight excluding hydrogens is 304 g/mol. The summed E-state index contributed by atoms with van der Waals surface area (Å²) in [5.41, 5.74) is 2.55. The van der Waals surface area contributed by atoms with Crippen molar-refractivity contribution in [2.45, 2.75) is 26.3 Å². The number of methoxy groups -OCH3 is 1. The van der Waals surface area contributed by atoms with Gasteiger partial charge in [-0.1, -0.05) is 35.3 Å². The molecule has 0 unspecified atom stereocenters. The predicted molar refractivity (Wildman–Crippen MR) is 85.9 cm³/mol. The first kappa shape index (κ1) is 16.5. The summed E-state index contributed by atoms with van der Waals surface area (Å²) in [5.74, 6) is 0. The first-order valence-corrected chi connectivity index (χ1v) is 7.67. The van der Waals surface area contributed by atoms with Crippen molar-refractivity contribution in [1.82, 2.24) is 5.32 Å². The van der Waals surface area contributed by atoms with Crippen LogP contribution in [0.15, 0.2) is 22.7 Å². The zero-order valence-corrected chi connectivity index (χ0v) is 13.8. The van der Waals surface area contributed by atoms with Crippen molar-refractivity contribution in [3.05, 3.63) is 28.2 Å². The SMILES string of the molecule is CCCCN(C)c1ccc(CNCCOC)c(Br)c1. The maximum absolute atomic E-state index is 5.02. The highest BCUT2D eigenvalue weighted by Crippen LogP contribution is 2.23. The fraction of sp³-hybridized carbons (Fsp3) is 0.600. The number of nitrogens with one attached hydrogen (secondary N) is 1. The van der Waals surface area contributed by atoms with Crippen LogP contribution in [-0.2, 0) is 11.3 Å². The minimum atomic E-state index is 0.745. The summed E-state index contributed by atoms with van der Waals surface area (Å²) < 4.78 is 6.18. The van der Waals surface area contributed by atoms with Crippen LogP contribution < -0.4 is 10.2 Å². The van der Waals surface area contributed by atoms with Crippen molar-refractivity contribution in [2.75, 3.05) is 38.8 Å². The topological polar surface area (TPSA) is 24.5 Å². The van der Waals surface area contributed by atoms with Crippen molar-refractivity contribution in [2.24, 2.45) is 0 Å². The molecule has 0 saturated heterocycles. The molecule has 0 fully saturated rings. The number of halogens is 1. The van der Waals surface area contributed by atoms with Gasteiger partial charge in [0.2, 0.25) is 0 Å². The minimum absolute atomic E-state index is 0.745. The number of hydrogen-bond acceptors (Lipinski definition) is 3. The van der Waals surface area contributed by atoms with Gasteiger partial charge >= 0.3 is 0 Å². The van der Waals surface area contributed by atoms with Gasteiger partial charge in [0.25, 0.3) is 0 Å². The number of ether oxygens (including phenoxy) is 1. The van der Waals surface area contributed by atoms with Crippen LogP contribution in [0.25, 0.3) is 0 Å². The Morgan fingerprint density at radius 2 is 2.16 bits per heavy atom. The molecule has 0 atom stereocenters. The van der Waals surface area contributed by atoms with Crippen LogP contribution >= 0.6 is 15.9 Å². The molecule has 1 N–H and O–H groups in total. The average molecular weight is 329 g/mol. The van der Waals surface area contributed by atoms with E-state index in [4.69, 9.17) is 4.74 Å². The van der Waals surface area contributed by atoms with E-state index in [0.717, 1.165) is 26.2 Å². The molecule has 0 bridgehead atoms. The van der Waals surface area contributed by atoms with Gasteiger partial charge in [0.1, 0.15) is 0 Å². The fourth-order valence-corrected chi connectivity index (χ4v) is 2.35. The molecule has 0 aliphatic rings. The third kappa shape index (κ3) is 5.93. The Labute approximate surface area is 125 Å². The number of unbranched alkanes of at least 4 members (excludes halogenated alkanes) is 1.